The largest absolute Gasteiger partial charge is 0.346 e. The molecule has 1 N–H and O–H groups in total. The SMILES string of the molecule is Cc1cc2nccnc2cc1-c1cnc2[nH]ccc2c1. The van der Waals surface area contributed by atoms with E-state index >= 15 is 0 Å². The molecule has 0 fully saturated rings. The number of nitrogens with zero attached hydrogens (tertiary/aromatic N) is 3. The molecular formula is C16H12N4. The number of aryl methyl sites for hydroxylation is 1. The van der Waals surface area contributed by atoms with E-state index in [9.17, 15) is 0 Å². The lowest BCUT2D eigenvalue weighted by molar-refractivity contribution is 1.28. The topological polar surface area (TPSA) is 54.5 Å². The molecule has 0 aliphatic rings. The summed E-state index contributed by atoms with van der Waals surface area (Å²) in [6.45, 7) is 2.09. The van der Waals surface area contributed by atoms with Crippen LogP contribution in [0.25, 0.3) is 33.2 Å². The monoisotopic (exact) mass is 260 g/mol. The zero-order valence-corrected chi connectivity index (χ0v) is 11.0. The van der Waals surface area contributed by atoms with Crippen LogP contribution in [-0.2, 0) is 0 Å². The molecule has 0 bridgehead atoms. The summed E-state index contributed by atoms with van der Waals surface area (Å²) in [5, 5.41) is 1.11. The van der Waals surface area contributed by atoms with E-state index in [-0.39, 0.29) is 0 Å². The fourth-order valence-corrected chi connectivity index (χ4v) is 2.51. The number of fused-ring (bicyclic) bond motifs is 2. The molecule has 0 unspecified atom stereocenters. The van der Waals surface area contributed by atoms with Gasteiger partial charge in [-0.25, -0.2) is 4.98 Å². The summed E-state index contributed by atoms with van der Waals surface area (Å²) in [6, 6.07) is 8.32. The van der Waals surface area contributed by atoms with Gasteiger partial charge in [-0.15, -0.1) is 0 Å². The molecule has 0 saturated heterocycles. The Hall–Kier alpha value is -2.75. The van der Waals surface area contributed by atoms with Crippen LogP contribution in [0.1, 0.15) is 5.56 Å². The van der Waals surface area contributed by atoms with Gasteiger partial charge in [0.25, 0.3) is 0 Å². The second-order valence-corrected chi connectivity index (χ2v) is 4.85. The molecule has 4 heteroatoms. The quantitative estimate of drug-likeness (QED) is 0.570. The Kier molecular flexibility index (Phi) is 2.29. The molecule has 4 aromatic rings. The lowest BCUT2D eigenvalue weighted by atomic mass is 10.0. The molecular weight excluding hydrogens is 248 g/mol. The van der Waals surface area contributed by atoms with Gasteiger partial charge < -0.3 is 4.98 Å². The van der Waals surface area contributed by atoms with Crippen LogP contribution < -0.4 is 0 Å². The summed E-state index contributed by atoms with van der Waals surface area (Å²) in [5.41, 5.74) is 6.16. The number of aromatic amines is 1. The van der Waals surface area contributed by atoms with Gasteiger partial charge in [-0.05, 0) is 42.3 Å². The summed E-state index contributed by atoms with van der Waals surface area (Å²) in [5.74, 6) is 0. The van der Waals surface area contributed by atoms with Crippen LogP contribution >= 0.6 is 0 Å². The molecule has 0 aliphatic heterocycles. The van der Waals surface area contributed by atoms with E-state index in [1.54, 1.807) is 12.4 Å². The standard InChI is InChI=1S/C16H12N4/c1-10-6-14-15(18-5-4-17-14)8-13(10)12-7-11-2-3-19-16(11)20-9-12/h2-9H,1H3,(H,19,20). The van der Waals surface area contributed by atoms with E-state index in [4.69, 9.17) is 0 Å². The Labute approximate surface area is 115 Å². The van der Waals surface area contributed by atoms with Gasteiger partial charge in [-0.2, -0.15) is 0 Å². The minimum Gasteiger partial charge on any atom is -0.346 e. The van der Waals surface area contributed by atoms with Crippen LogP contribution in [0.15, 0.2) is 49.1 Å². The fourth-order valence-electron chi connectivity index (χ4n) is 2.51. The van der Waals surface area contributed by atoms with Crippen molar-refractivity contribution < 1.29 is 0 Å². The molecule has 0 spiro atoms. The van der Waals surface area contributed by atoms with Crippen molar-refractivity contribution in [1.82, 2.24) is 19.9 Å². The predicted octanol–water partition coefficient (Wildman–Crippen LogP) is 3.48. The second-order valence-electron chi connectivity index (χ2n) is 4.85. The highest BCUT2D eigenvalue weighted by molar-refractivity contribution is 5.87. The van der Waals surface area contributed by atoms with Gasteiger partial charge in [-0.3, -0.25) is 9.97 Å². The highest BCUT2D eigenvalue weighted by Gasteiger charge is 2.07. The predicted molar refractivity (Wildman–Crippen MR) is 79.4 cm³/mol. The summed E-state index contributed by atoms with van der Waals surface area (Å²) >= 11 is 0. The van der Waals surface area contributed by atoms with Crippen molar-refractivity contribution in [1.29, 1.82) is 0 Å². The van der Waals surface area contributed by atoms with Crippen LogP contribution in [-0.4, -0.2) is 19.9 Å². The van der Waals surface area contributed by atoms with Gasteiger partial charge in [0.15, 0.2) is 0 Å². The maximum atomic E-state index is 4.45. The minimum absolute atomic E-state index is 0.905. The van der Waals surface area contributed by atoms with Crippen molar-refractivity contribution in [2.45, 2.75) is 6.92 Å². The van der Waals surface area contributed by atoms with E-state index in [1.807, 2.05) is 18.5 Å². The molecule has 3 aromatic heterocycles. The number of hydrogen-bond acceptors (Lipinski definition) is 3. The summed E-state index contributed by atoms with van der Waals surface area (Å²) in [6.07, 6.45) is 7.23. The molecule has 0 amide bonds. The van der Waals surface area contributed by atoms with Gasteiger partial charge in [-0.1, -0.05) is 0 Å². The average Bonchev–Trinajstić information content (AvgIpc) is 2.94. The molecule has 1 aromatic carbocycles. The van der Waals surface area contributed by atoms with Crippen LogP contribution in [0, 0.1) is 6.92 Å². The van der Waals surface area contributed by atoms with Gasteiger partial charge in [0.05, 0.1) is 11.0 Å². The number of hydrogen-bond donors (Lipinski definition) is 1. The Morgan fingerprint density at radius 1 is 0.950 bits per heavy atom. The normalized spacial score (nSPS) is 11.2. The Morgan fingerprint density at radius 3 is 2.60 bits per heavy atom. The van der Waals surface area contributed by atoms with Crippen LogP contribution in [0.3, 0.4) is 0 Å². The zero-order valence-electron chi connectivity index (χ0n) is 11.0. The number of rotatable bonds is 1. The first kappa shape index (κ1) is 11.1. The summed E-state index contributed by atoms with van der Waals surface area (Å²) in [7, 11) is 0. The van der Waals surface area contributed by atoms with Gasteiger partial charge >= 0.3 is 0 Å². The number of benzene rings is 1. The first-order valence-electron chi connectivity index (χ1n) is 6.46. The molecule has 4 nitrogen and oxygen atoms in total. The van der Waals surface area contributed by atoms with Gasteiger partial charge in [0.2, 0.25) is 0 Å². The van der Waals surface area contributed by atoms with E-state index < -0.39 is 0 Å². The Balaban J connectivity index is 1.98. The first-order valence-corrected chi connectivity index (χ1v) is 6.46. The van der Waals surface area contributed by atoms with Crippen LogP contribution in [0.2, 0.25) is 0 Å². The molecule has 0 aliphatic carbocycles. The van der Waals surface area contributed by atoms with Crippen LogP contribution in [0.5, 0.6) is 0 Å². The Morgan fingerprint density at radius 2 is 1.75 bits per heavy atom. The second kappa shape index (κ2) is 4.13. The summed E-state index contributed by atoms with van der Waals surface area (Å²) in [4.78, 5) is 16.3. The fraction of sp³-hybridized carbons (Fsp3) is 0.0625. The third kappa shape index (κ3) is 1.66. The smallest absolute Gasteiger partial charge is 0.137 e. The third-order valence-corrected chi connectivity index (χ3v) is 3.53. The van der Waals surface area contributed by atoms with E-state index in [1.165, 1.54) is 5.56 Å². The number of nitrogens with one attached hydrogen (secondary N) is 1. The zero-order chi connectivity index (χ0) is 13.5. The third-order valence-electron chi connectivity index (χ3n) is 3.53. The van der Waals surface area contributed by atoms with E-state index in [0.29, 0.717) is 0 Å². The summed E-state index contributed by atoms with van der Waals surface area (Å²) < 4.78 is 0. The maximum Gasteiger partial charge on any atom is 0.137 e. The lowest BCUT2D eigenvalue weighted by Gasteiger charge is -2.07. The van der Waals surface area contributed by atoms with Crippen molar-refractivity contribution in [3.63, 3.8) is 0 Å². The first-order chi connectivity index (χ1) is 9.81. The van der Waals surface area contributed by atoms with Crippen molar-refractivity contribution in [3.05, 3.63) is 54.6 Å². The molecule has 0 radical (unpaired) electrons. The maximum absolute atomic E-state index is 4.45. The number of pyridine rings is 1. The molecule has 0 atom stereocenters. The van der Waals surface area contributed by atoms with Gasteiger partial charge in [0, 0.05) is 35.7 Å². The Bertz CT molecular complexity index is 924. The highest BCUT2D eigenvalue weighted by Crippen LogP contribution is 2.28. The van der Waals surface area contributed by atoms with Crippen molar-refractivity contribution >= 4 is 22.1 Å². The van der Waals surface area contributed by atoms with Gasteiger partial charge in [0.1, 0.15) is 5.65 Å². The minimum atomic E-state index is 0.905. The van der Waals surface area contributed by atoms with E-state index in [0.717, 1.165) is 33.2 Å². The molecule has 4 rings (SSSR count). The number of aromatic nitrogens is 4. The molecule has 3 heterocycles. The molecule has 96 valence electrons. The molecule has 20 heavy (non-hydrogen) atoms. The molecule has 0 saturated carbocycles. The van der Waals surface area contributed by atoms with E-state index in [2.05, 4.69) is 45.1 Å². The van der Waals surface area contributed by atoms with Crippen LogP contribution in [0.4, 0.5) is 0 Å². The van der Waals surface area contributed by atoms with Crippen molar-refractivity contribution in [2.24, 2.45) is 0 Å². The number of H-pyrrole nitrogens is 1. The van der Waals surface area contributed by atoms with Crippen molar-refractivity contribution in [2.75, 3.05) is 0 Å². The average molecular weight is 260 g/mol. The highest BCUT2D eigenvalue weighted by atomic mass is 14.8. The van der Waals surface area contributed by atoms with Crippen molar-refractivity contribution in [3.8, 4) is 11.1 Å². The lowest BCUT2D eigenvalue weighted by Crippen LogP contribution is -1.89.